The van der Waals surface area contributed by atoms with Crippen molar-refractivity contribution in [3.05, 3.63) is 192 Å². The summed E-state index contributed by atoms with van der Waals surface area (Å²) in [6.07, 6.45) is 6.34. The Balaban J connectivity index is 1.13. The van der Waals surface area contributed by atoms with E-state index in [0.717, 1.165) is 16.9 Å². The lowest BCUT2D eigenvalue weighted by Crippen LogP contribution is -2.15. The summed E-state index contributed by atoms with van der Waals surface area (Å²) >= 11 is 0. The molecule has 55 heavy (non-hydrogen) atoms. The summed E-state index contributed by atoms with van der Waals surface area (Å²) in [6, 6.07) is 56.0. The van der Waals surface area contributed by atoms with Crippen LogP contribution in [0.25, 0.3) is 89.6 Å². The zero-order chi connectivity index (χ0) is 37.4. The summed E-state index contributed by atoms with van der Waals surface area (Å²) < 4.78 is 4.83. The molecular weight excluding hydrogens is 665 g/mol. The molecule has 2 nitrogen and oxygen atoms in total. The zero-order valence-corrected chi connectivity index (χ0v) is 31.8. The number of nitrogens with zero attached hydrogens (tertiary/aromatic N) is 2. The molecule has 2 heterocycles. The van der Waals surface area contributed by atoms with E-state index in [0.29, 0.717) is 0 Å². The smallest absolute Gasteiger partial charge is 0.0570 e. The number of hydrogen-bond acceptors (Lipinski definition) is 0. The summed E-state index contributed by atoms with van der Waals surface area (Å²) in [7, 11) is 0. The fraction of sp³-hybridized carbons (Fsp3) is 0.0943. The number of allylic oxidation sites excluding steroid dienone is 1. The molecular formula is C53H42N2. The fourth-order valence-corrected chi connectivity index (χ4v) is 9.31. The predicted molar refractivity (Wildman–Crippen MR) is 236 cm³/mol. The molecule has 0 spiro atoms. The maximum absolute atomic E-state index is 4.29. The Morgan fingerprint density at radius 2 is 1.18 bits per heavy atom. The number of aryl methyl sites for hydroxylation is 1. The molecule has 2 heteroatoms. The average Bonchev–Trinajstić information content (AvgIpc) is 3.81. The first-order valence-electron chi connectivity index (χ1n) is 19.3. The van der Waals surface area contributed by atoms with Gasteiger partial charge in [-0.2, -0.15) is 0 Å². The lowest BCUT2D eigenvalue weighted by atomic mass is 9.82. The molecule has 0 bridgehead atoms. The first-order chi connectivity index (χ1) is 26.9. The van der Waals surface area contributed by atoms with Crippen molar-refractivity contribution >= 4 is 44.9 Å². The highest BCUT2D eigenvalue weighted by Crippen LogP contribution is 2.49. The van der Waals surface area contributed by atoms with Crippen molar-refractivity contribution in [1.82, 2.24) is 9.13 Å². The third-order valence-corrected chi connectivity index (χ3v) is 11.9. The van der Waals surface area contributed by atoms with Gasteiger partial charge in [-0.15, -0.1) is 0 Å². The Bertz CT molecular complexity index is 3040. The van der Waals surface area contributed by atoms with Crippen LogP contribution in [0.3, 0.4) is 0 Å². The number of aromatic nitrogens is 2. The summed E-state index contributed by atoms with van der Waals surface area (Å²) in [5.41, 5.74) is 19.7. The van der Waals surface area contributed by atoms with Crippen LogP contribution >= 0.6 is 0 Å². The highest BCUT2D eigenvalue weighted by molar-refractivity contribution is 6.12. The van der Waals surface area contributed by atoms with Crippen LogP contribution in [0, 0.1) is 6.92 Å². The third kappa shape index (κ3) is 4.95. The van der Waals surface area contributed by atoms with Crippen LogP contribution in [0.15, 0.2) is 164 Å². The molecule has 1 aliphatic rings. The molecule has 10 rings (SSSR count). The first-order valence-corrected chi connectivity index (χ1v) is 19.3. The van der Waals surface area contributed by atoms with Crippen LogP contribution in [-0.2, 0) is 5.41 Å². The lowest BCUT2D eigenvalue weighted by Gasteiger charge is -2.22. The van der Waals surface area contributed by atoms with Gasteiger partial charge in [0.1, 0.15) is 0 Å². The second-order valence-electron chi connectivity index (χ2n) is 15.4. The van der Waals surface area contributed by atoms with Gasteiger partial charge >= 0.3 is 0 Å². The minimum absolute atomic E-state index is 0.0670. The minimum atomic E-state index is -0.0670. The Labute approximate surface area is 322 Å². The fourth-order valence-electron chi connectivity index (χ4n) is 9.31. The van der Waals surface area contributed by atoms with E-state index >= 15 is 0 Å². The molecule has 0 saturated carbocycles. The van der Waals surface area contributed by atoms with Gasteiger partial charge in [-0.3, -0.25) is 0 Å². The van der Waals surface area contributed by atoms with Crippen molar-refractivity contribution in [2.75, 3.05) is 0 Å². The first kappa shape index (κ1) is 33.0. The summed E-state index contributed by atoms with van der Waals surface area (Å²) in [5, 5.41) is 3.74. The van der Waals surface area contributed by atoms with Gasteiger partial charge in [-0.1, -0.05) is 136 Å². The molecule has 0 N–H and O–H groups in total. The SMILES string of the molecule is C=Cc1c(/C=C\C)c2cc(-c3ccc4c(c3)c3cccc(C)c3n4-c3ccc4c(c3)C(C)(C)c3ccccc3-4)ccc2n1-c1cccc(-c2ccccc2)c1. The molecule has 7 aromatic carbocycles. The normalized spacial score (nSPS) is 13.2. The molecule has 0 unspecified atom stereocenters. The van der Waals surface area contributed by atoms with Gasteiger partial charge in [0.05, 0.1) is 22.2 Å². The Hall–Kier alpha value is -6.64. The van der Waals surface area contributed by atoms with Crippen LogP contribution in [0.5, 0.6) is 0 Å². The quantitative estimate of drug-likeness (QED) is 0.163. The van der Waals surface area contributed by atoms with Crippen molar-refractivity contribution in [2.45, 2.75) is 33.1 Å². The van der Waals surface area contributed by atoms with E-state index in [-0.39, 0.29) is 5.41 Å². The number of fused-ring (bicyclic) bond motifs is 7. The van der Waals surface area contributed by atoms with Gasteiger partial charge in [-0.25, -0.2) is 0 Å². The zero-order valence-electron chi connectivity index (χ0n) is 31.8. The van der Waals surface area contributed by atoms with Crippen molar-refractivity contribution in [3.8, 4) is 44.8 Å². The molecule has 0 amide bonds. The van der Waals surface area contributed by atoms with Gasteiger partial charge in [0.25, 0.3) is 0 Å². The minimum Gasteiger partial charge on any atom is -0.309 e. The monoisotopic (exact) mass is 706 g/mol. The number of hydrogen-bond donors (Lipinski definition) is 0. The lowest BCUT2D eigenvalue weighted by molar-refractivity contribution is 0.660. The molecule has 0 aliphatic heterocycles. The van der Waals surface area contributed by atoms with Crippen LogP contribution in [0.1, 0.15) is 48.7 Å². The molecule has 264 valence electrons. The Morgan fingerprint density at radius 1 is 0.527 bits per heavy atom. The van der Waals surface area contributed by atoms with E-state index in [9.17, 15) is 0 Å². The molecule has 0 radical (unpaired) electrons. The van der Waals surface area contributed by atoms with Crippen molar-refractivity contribution in [2.24, 2.45) is 0 Å². The van der Waals surface area contributed by atoms with E-state index in [1.807, 2.05) is 6.08 Å². The van der Waals surface area contributed by atoms with E-state index in [2.05, 4.69) is 207 Å². The van der Waals surface area contributed by atoms with Crippen LogP contribution < -0.4 is 0 Å². The average molecular weight is 707 g/mol. The molecule has 9 aromatic rings. The van der Waals surface area contributed by atoms with E-state index in [4.69, 9.17) is 0 Å². The molecule has 1 aliphatic carbocycles. The predicted octanol–water partition coefficient (Wildman–Crippen LogP) is 14.4. The third-order valence-electron chi connectivity index (χ3n) is 11.9. The number of para-hydroxylation sites is 1. The summed E-state index contributed by atoms with van der Waals surface area (Å²) in [6.45, 7) is 13.3. The number of rotatable bonds is 6. The Morgan fingerprint density at radius 3 is 1.96 bits per heavy atom. The van der Waals surface area contributed by atoms with Crippen LogP contribution in [-0.4, -0.2) is 9.13 Å². The Kier molecular flexibility index (Phi) is 7.47. The maximum atomic E-state index is 4.29. The summed E-state index contributed by atoms with van der Waals surface area (Å²) in [5.74, 6) is 0. The van der Waals surface area contributed by atoms with Gasteiger partial charge in [0, 0.05) is 38.5 Å². The molecule has 0 atom stereocenters. The van der Waals surface area contributed by atoms with Crippen molar-refractivity contribution in [1.29, 1.82) is 0 Å². The highest BCUT2D eigenvalue weighted by Gasteiger charge is 2.35. The standard InChI is InChI=1S/C53H42N2/c1-6-15-43-45-31-37(24-28-50(45)54(49(43)7-2)39-20-14-19-36(30-39)35-17-9-8-10-18-35)38-25-29-51-46(32-38)44-22-13-16-34(3)52(44)55(51)40-26-27-42-41-21-11-12-23-47(41)53(4,5)48(42)33-40/h6-33H,2H2,1,3-5H3/b15-6-. The second kappa shape index (κ2) is 12.5. The van der Waals surface area contributed by atoms with Crippen LogP contribution in [0.4, 0.5) is 0 Å². The van der Waals surface area contributed by atoms with Crippen molar-refractivity contribution in [3.63, 3.8) is 0 Å². The summed E-state index contributed by atoms with van der Waals surface area (Å²) in [4.78, 5) is 0. The van der Waals surface area contributed by atoms with E-state index < -0.39 is 0 Å². The van der Waals surface area contributed by atoms with Gasteiger partial charge < -0.3 is 9.13 Å². The van der Waals surface area contributed by atoms with Crippen molar-refractivity contribution < 1.29 is 0 Å². The van der Waals surface area contributed by atoms with Gasteiger partial charge in [0.15, 0.2) is 0 Å². The molecule has 2 aromatic heterocycles. The van der Waals surface area contributed by atoms with Crippen LogP contribution in [0.2, 0.25) is 0 Å². The van der Waals surface area contributed by atoms with E-state index in [1.165, 1.54) is 88.5 Å². The topological polar surface area (TPSA) is 9.86 Å². The maximum Gasteiger partial charge on any atom is 0.0570 e. The second-order valence-corrected chi connectivity index (χ2v) is 15.4. The van der Waals surface area contributed by atoms with Gasteiger partial charge in [0.2, 0.25) is 0 Å². The number of benzene rings is 7. The largest absolute Gasteiger partial charge is 0.309 e. The molecule has 0 fully saturated rings. The molecule has 0 saturated heterocycles. The highest BCUT2D eigenvalue weighted by atomic mass is 15.0. The van der Waals surface area contributed by atoms with E-state index in [1.54, 1.807) is 0 Å². The van der Waals surface area contributed by atoms with Gasteiger partial charge in [-0.05, 0) is 119 Å².